The first kappa shape index (κ1) is 9.86. The van der Waals surface area contributed by atoms with E-state index in [1.807, 2.05) is 29.8 Å². The van der Waals surface area contributed by atoms with Gasteiger partial charge in [-0.3, -0.25) is 0 Å². The Morgan fingerprint density at radius 1 is 1.33 bits per heavy atom. The predicted molar refractivity (Wildman–Crippen MR) is 58.2 cm³/mol. The molecule has 2 N–H and O–H groups in total. The molecule has 78 valence electrons. The summed E-state index contributed by atoms with van der Waals surface area (Å²) in [7, 11) is 0. The molecule has 15 heavy (non-hydrogen) atoms. The number of hydrogen-bond donors (Lipinski definition) is 1. The van der Waals surface area contributed by atoms with E-state index in [0.29, 0.717) is 0 Å². The largest absolute Gasteiger partial charge is 0.322 e. The molecule has 1 unspecified atom stereocenters. The average Bonchev–Trinajstić information content (AvgIpc) is 2.67. The van der Waals surface area contributed by atoms with Crippen molar-refractivity contribution in [1.29, 1.82) is 0 Å². The average molecular weight is 202 g/mol. The van der Waals surface area contributed by atoms with Crippen LogP contribution in [0.1, 0.15) is 24.4 Å². The van der Waals surface area contributed by atoms with Gasteiger partial charge in [-0.05, 0) is 12.5 Å². The molecular formula is C11H14N4. The van der Waals surface area contributed by atoms with Gasteiger partial charge < -0.3 is 5.73 Å². The van der Waals surface area contributed by atoms with Gasteiger partial charge in [0.25, 0.3) is 0 Å². The smallest absolute Gasteiger partial charge is 0.143 e. The highest BCUT2D eigenvalue weighted by Gasteiger charge is 2.08. The predicted octanol–water partition coefficient (Wildman–Crippen LogP) is 1.35. The van der Waals surface area contributed by atoms with Gasteiger partial charge in [-0.15, -0.1) is 0 Å². The minimum atomic E-state index is -0.0868. The molecule has 1 heterocycles. The first-order valence-corrected chi connectivity index (χ1v) is 4.94. The summed E-state index contributed by atoms with van der Waals surface area (Å²) in [6, 6.07) is 10.1. The van der Waals surface area contributed by atoms with Crippen molar-refractivity contribution in [2.45, 2.75) is 19.5 Å². The minimum Gasteiger partial charge on any atom is -0.322 e. The topological polar surface area (TPSA) is 56.7 Å². The number of aromatic nitrogens is 3. The normalized spacial score (nSPS) is 12.7. The van der Waals surface area contributed by atoms with Crippen LogP contribution >= 0.6 is 0 Å². The van der Waals surface area contributed by atoms with Crippen LogP contribution in [0.4, 0.5) is 0 Å². The molecule has 0 spiro atoms. The molecule has 2 rings (SSSR count). The molecule has 0 fully saturated rings. The van der Waals surface area contributed by atoms with Gasteiger partial charge >= 0.3 is 0 Å². The van der Waals surface area contributed by atoms with Crippen molar-refractivity contribution in [2.75, 3.05) is 0 Å². The summed E-state index contributed by atoms with van der Waals surface area (Å²) in [5.74, 6) is 0.818. The highest BCUT2D eigenvalue weighted by molar-refractivity contribution is 5.15. The van der Waals surface area contributed by atoms with E-state index in [0.717, 1.165) is 12.4 Å². The van der Waals surface area contributed by atoms with Crippen LogP contribution in [0.2, 0.25) is 0 Å². The number of nitrogens with zero attached hydrogens (tertiary/aromatic N) is 3. The maximum atomic E-state index is 5.79. The molecular weight excluding hydrogens is 188 g/mol. The van der Waals surface area contributed by atoms with Gasteiger partial charge in [0.1, 0.15) is 12.2 Å². The second kappa shape index (κ2) is 4.23. The zero-order chi connectivity index (χ0) is 10.7. The van der Waals surface area contributed by atoms with Crippen LogP contribution in [-0.2, 0) is 6.54 Å². The number of benzene rings is 1. The van der Waals surface area contributed by atoms with Gasteiger partial charge in [0, 0.05) is 0 Å². The molecule has 0 aliphatic rings. The van der Waals surface area contributed by atoms with E-state index in [4.69, 9.17) is 5.73 Å². The van der Waals surface area contributed by atoms with Crippen LogP contribution in [0, 0.1) is 0 Å². The summed E-state index contributed by atoms with van der Waals surface area (Å²) in [5.41, 5.74) is 6.99. The van der Waals surface area contributed by atoms with Crippen molar-refractivity contribution in [2.24, 2.45) is 5.73 Å². The standard InChI is InChI=1S/C11H14N4/c1-9(12)11-13-8-14-15(11)7-10-5-3-2-4-6-10/h2-6,8-9H,7,12H2,1H3. The zero-order valence-electron chi connectivity index (χ0n) is 8.67. The highest BCUT2D eigenvalue weighted by Crippen LogP contribution is 2.08. The van der Waals surface area contributed by atoms with Gasteiger partial charge in [0.15, 0.2) is 0 Å². The fraction of sp³-hybridized carbons (Fsp3) is 0.273. The summed E-state index contributed by atoms with van der Waals surface area (Å²) in [6.45, 7) is 2.63. The lowest BCUT2D eigenvalue weighted by Crippen LogP contribution is -2.15. The molecule has 0 aliphatic carbocycles. The van der Waals surface area contributed by atoms with E-state index in [1.165, 1.54) is 5.56 Å². The molecule has 0 aliphatic heterocycles. The molecule has 0 saturated heterocycles. The first-order valence-electron chi connectivity index (χ1n) is 4.94. The Balaban J connectivity index is 2.21. The Morgan fingerprint density at radius 3 is 2.73 bits per heavy atom. The van der Waals surface area contributed by atoms with Crippen LogP contribution < -0.4 is 5.73 Å². The number of nitrogens with two attached hydrogens (primary N) is 1. The molecule has 0 amide bonds. The maximum absolute atomic E-state index is 5.79. The van der Waals surface area contributed by atoms with E-state index in [-0.39, 0.29) is 6.04 Å². The van der Waals surface area contributed by atoms with E-state index < -0.39 is 0 Å². The van der Waals surface area contributed by atoms with Crippen LogP contribution in [0.15, 0.2) is 36.7 Å². The van der Waals surface area contributed by atoms with Crippen molar-refractivity contribution >= 4 is 0 Å². The van der Waals surface area contributed by atoms with E-state index in [2.05, 4.69) is 22.2 Å². The second-order valence-electron chi connectivity index (χ2n) is 3.55. The molecule has 4 nitrogen and oxygen atoms in total. The fourth-order valence-corrected chi connectivity index (χ4v) is 1.50. The van der Waals surface area contributed by atoms with Gasteiger partial charge in [-0.1, -0.05) is 30.3 Å². The van der Waals surface area contributed by atoms with Crippen molar-refractivity contribution in [3.63, 3.8) is 0 Å². The molecule has 0 radical (unpaired) electrons. The lowest BCUT2D eigenvalue weighted by molar-refractivity contribution is 0.596. The van der Waals surface area contributed by atoms with E-state index in [1.54, 1.807) is 6.33 Å². The lowest BCUT2D eigenvalue weighted by Gasteiger charge is -2.08. The Bertz CT molecular complexity index is 419. The Kier molecular flexibility index (Phi) is 2.78. The van der Waals surface area contributed by atoms with Crippen LogP contribution in [-0.4, -0.2) is 14.8 Å². The Morgan fingerprint density at radius 2 is 2.07 bits per heavy atom. The van der Waals surface area contributed by atoms with E-state index >= 15 is 0 Å². The quantitative estimate of drug-likeness (QED) is 0.817. The highest BCUT2D eigenvalue weighted by atomic mass is 15.3. The van der Waals surface area contributed by atoms with Crippen molar-refractivity contribution in [3.8, 4) is 0 Å². The van der Waals surface area contributed by atoms with Gasteiger partial charge in [0.05, 0.1) is 12.6 Å². The Labute approximate surface area is 88.8 Å². The second-order valence-corrected chi connectivity index (χ2v) is 3.55. The number of rotatable bonds is 3. The van der Waals surface area contributed by atoms with Crippen molar-refractivity contribution < 1.29 is 0 Å². The zero-order valence-corrected chi connectivity index (χ0v) is 8.67. The Hall–Kier alpha value is -1.68. The van der Waals surface area contributed by atoms with Crippen LogP contribution in [0.5, 0.6) is 0 Å². The van der Waals surface area contributed by atoms with Crippen LogP contribution in [0.25, 0.3) is 0 Å². The number of hydrogen-bond acceptors (Lipinski definition) is 3. The summed E-state index contributed by atoms with van der Waals surface area (Å²) in [5, 5.41) is 4.16. The van der Waals surface area contributed by atoms with Crippen molar-refractivity contribution in [1.82, 2.24) is 14.8 Å². The lowest BCUT2D eigenvalue weighted by atomic mass is 10.2. The third kappa shape index (κ3) is 2.22. The van der Waals surface area contributed by atoms with Crippen molar-refractivity contribution in [3.05, 3.63) is 48.0 Å². The summed E-state index contributed by atoms with van der Waals surface area (Å²) < 4.78 is 1.83. The molecule has 1 aromatic carbocycles. The summed E-state index contributed by atoms with van der Waals surface area (Å²) in [6.07, 6.45) is 1.54. The monoisotopic (exact) mass is 202 g/mol. The maximum Gasteiger partial charge on any atom is 0.143 e. The first-order chi connectivity index (χ1) is 7.27. The molecule has 1 aromatic heterocycles. The van der Waals surface area contributed by atoms with Gasteiger partial charge in [-0.2, -0.15) is 5.10 Å². The fourth-order valence-electron chi connectivity index (χ4n) is 1.50. The molecule has 2 aromatic rings. The minimum absolute atomic E-state index is 0.0868. The van der Waals surface area contributed by atoms with Crippen LogP contribution in [0.3, 0.4) is 0 Å². The SMILES string of the molecule is CC(N)c1ncnn1Cc1ccccc1. The third-order valence-electron chi connectivity index (χ3n) is 2.23. The molecule has 1 atom stereocenters. The molecule has 4 heteroatoms. The van der Waals surface area contributed by atoms with E-state index in [9.17, 15) is 0 Å². The van der Waals surface area contributed by atoms with Gasteiger partial charge in [0.2, 0.25) is 0 Å². The molecule has 0 bridgehead atoms. The van der Waals surface area contributed by atoms with Gasteiger partial charge in [-0.25, -0.2) is 9.67 Å². The summed E-state index contributed by atoms with van der Waals surface area (Å²) >= 11 is 0. The summed E-state index contributed by atoms with van der Waals surface area (Å²) in [4.78, 5) is 4.14. The third-order valence-corrected chi connectivity index (χ3v) is 2.23. The molecule has 0 saturated carbocycles.